The van der Waals surface area contributed by atoms with E-state index in [9.17, 15) is 4.79 Å². The fourth-order valence-corrected chi connectivity index (χ4v) is 6.00. The fraction of sp³-hybridized carbons (Fsp3) is 0.360. The van der Waals surface area contributed by atoms with Crippen LogP contribution in [0, 0.1) is 0 Å². The molecule has 0 bridgehead atoms. The Hall–Kier alpha value is -1.94. The molecule has 2 aromatic heterocycles. The van der Waals surface area contributed by atoms with Crippen LogP contribution in [-0.4, -0.2) is 27.1 Å². The summed E-state index contributed by atoms with van der Waals surface area (Å²) in [6, 6.07) is 10.6. The molecule has 0 spiro atoms. The van der Waals surface area contributed by atoms with Gasteiger partial charge in [0, 0.05) is 40.8 Å². The Kier molecular flexibility index (Phi) is 6.63. The van der Waals surface area contributed by atoms with Gasteiger partial charge in [0.2, 0.25) is 5.91 Å². The second-order valence-electron chi connectivity index (χ2n) is 8.87. The summed E-state index contributed by atoms with van der Waals surface area (Å²) >= 11 is 7.98. The number of halogens is 1. The average Bonchev–Trinajstić information content (AvgIpc) is 3.35. The molecule has 168 valence electrons. The van der Waals surface area contributed by atoms with Gasteiger partial charge in [-0.15, -0.1) is 20.6 Å². The molecule has 0 saturated heterocycles. The maximum atomic E-state index is 12.5. The molecule has 0 saturated carbocycles. The topological polar surface area (TPSA) is 38.1 Å². The van der Waals surface area contributed by atoms with E-state index in [2.05, 4.69) is 77.8 Å². The summed E-state index contributed by atoms with van der Waals surface area (Å²) in [6.07, 6.45) is 4.59. The number of hydrogen-bond donors (Lipinski definition) is 0. The number of rotatable bonds is 6. The van der Waals surface area contributed by atoms with Crippen LogP contribution in [0.4, 0.5) is 0 Å². The lowest BCUT2D eigenvalue weighted by atomic mass is 9.83. The van der Waals surface area contributed by atoms with Crippen molar-refractivity contribution in [1.82, 2.24) is 14.7 Å². The van der Waals surface area contributed by atoms with E-state index in [-0.39, 0.29) is 17.0 Å². The fourth-order valence-electron chi connectivity index (χ4n) is 4.43. The molecule has 4 rings (SSSR count). The third-order valence-electron chi connectivity index (χ3n) is 5.86. The standard InChI is InChI=1S/C25H29ClN3OPS/c1-5-11-29-14-20(24(27-29)25(3,4)31)17-10-8-7-9-16(17)19-13-28(23(30)6-2)15-21-18(19)12-22(26)32-21/h6-10,12,14,19H,2,5,11,13,15,31H2,1,3-4H3/t19-/m1/s1. The molecule has 3 aromatic rings. The lowest BCUT2D eigenvalue weighted by Gasteiger charge is -2.33. The van der Waals surface area contributed by atoms with Crippen LogP contribution in [0.15, 0.2) is 49.2 Å². The van der Waals surface area contributed by atoms with E-state index in [4.69, 9.17) is 16.7 Å². The van der Waals surface area contributed by atoms with E-state index in [0.29, 0.717) is 13.1 Å². The molecule has 1 unspecified atom stereocenters. The minimum Gasteiger partial charge on any atom is -0.333 e. The molecule has 0 N–H and O–H groups in total. The van der Waals surface area contributed by atoms with Gasteiger partial charge in [-0.25, -0.2) is 0 Å². The van der Waals surface area contributed by atoms with Gasteiger partial charge < -0.3 is 4.90 Å². The molecule has 1 aromatic carbocycles. The molecule has 1 aliphatic heterocycles. The van der Waals surface area contributed by atoms with E-state index in [1.54, 1.807) is 11.3 Å². The van der Waals surface area contributed by atoms with Gasteiger partial charge in [-0.1, -0.05) is 63.2 Å². The van der Waals surface area contributed by atoms with Crippen molar-refractivity contribution in [2.24, 2.45) is 0 Å². The smallest absolute Gasteiger partial charge is 0.246 e. The van der Waals surface area contributed by atoms with Crippen LogP contribution < -0.4 is 0 Å². The highest BCUT2D eigenvalue weighted by atomic mass is 35.5. The lowest BCUT2D eigenvalue weighted by molar-refractivity contribution is -0.127. The van der Waals surface area contributed by atoms with Crippen LogP contribution in [0.1, 0.15) is 54.8 Å². The van der Waals surface area contributed by atoms with Gasteiger partial charge in [0.1, 0.15) is 0 Å². The molecule has 2 atom stereocenters. The molecule has 1 aliphatic rings. The highest BCUT2D eigenvalue weighted by Crippen LogP contribution is 2.45. The predicted octanol–water partition coefficient (Wildman–Crippen LogP) is 6.45. The van der Waals surface area contributed by atoms with Crippen molar-refractivity contribution >= 4 is 38.1 Å². The molecule has 7 heteroatoms. The molecule has 32 heavy (non-hydrogen) atoms. The number of aryl methyl sites for hydroxylation is 1. The van der Waals surface area contributed by atoms with Gasteiger partial charge in [0.25, 0.3) is 0 Å². The minimum absolute atomic E-state index is 0.0394. The van der Waals surface area contributed by atoms with Crippen LogP contribution in [0.3, 0.4) is 0 Å². The first-order valence-electron chi connectivity index (χ1n) is 10.9. The first kappa shape index (κ1) is 23.2. The van der Waals surface area contributed by atoms with Crippen LogP contribution in [0.25, 0.3) is 11.1 Å². The summed E-state index contributed by atoms with van der Waals surface area (Å²) in [5.74, 6) is -0.0113. The highest BCUT2D eigenvalue weighted by molar-refractivity contribution is 7.18. The van der Waals surface area contributed by atoms with Crippen molar-refractivity contribution in [3.63, 3.8) is 0 Å². The number of aromatic nitrogens is 2. The maximum Gasteiger partial charge on any atom is 0.246 e. The Morgan fingerprint density at radius 3 is 2.78 bits per heavy atom. The number of thiophene rings is 1. The number of hydrogen-bond acceptors (Lipinski definition) is 3. The van der Waals surface area contributed by atoms with Crippen molar-refractivity contribution < 1.29 is 4.79 Å². The number of fused-ring (bicyclic) bond motifs is 1. The van der Waals surface area contributed by atoms with Crippen LogP contribution in [0.2, 0.25) is 4.34 Å². The lowest BCUT2D eigenvalue weighted by Crippen LogP contribution is -2.37. The zero-order valence-electron chi connectivity index (χ0n) is 18.8. The third-order valence-corrected chi connectivity index (χ3v) is 7.40. The zero-order valence-corrected chi connectivity index (χ0v) is 21.5. The van der Waals surface area contributed by atoms with E-state index in [1.807, 2.05) is 4.90 Å². The number of amides is 1. The summed E-state index contributed by atoms with van der Waals surface area (Å²) in [5.41, 5.74) is 5.77. The number of nitrogens with zero attached hydrogens (tertiary/aromatic N) is 3. The van der Waals surface area contributed by atoms with E-state index in [0.717, 1.165) is 39.0 Å². The SMILES string of the molecule is C=CC(=O)N1Cc2sc(Cl)cc2[C@@H](c2ccccc2-c2cn(CCC)nc2C(C)(C)P)C1. The Morgan fingerprint density at radius 1 is 1.34 bits per heavy atom. The van der Waals surface area contributed by atoms with Crippen molar-refractivity contribution in [3.05, 3.63) is 75.2 Å². The number of carbonyl (C=O) groups is 1. The van der Waals surface area contributed by atoms with Crippen LogP contribution in [0.5, 0.6) is 0 Å². The average molecular weight is 486 g/mol. The molecule has 4 nitrogen and oxygen atoms in total. The summed E-state index contributed by atoms with van der Waals surface area (Å²) in [4.78, 5) is 15.5. The van der Waals surface area contributed by atoms with E-state index in [1.165, 1.54) is 17.2 Å². The Morgan fingerprint density at radius 2 is 2.09 bits per heavy atom. The largest absolute Gasteiger partial charge is 0.333 e. The van der Waals surface area contributed by atoms with Crippen molar-refractivity contribution in [1.29, 1.82) is 0 Å². The van der Waals surface area contributed by atoms with E-state index >= 15 is 0 Å². The molecule has 3 heterocycles. The Balaban J connectivity index is 1.88. The molecular formula is C25H29ClN3OPS. The van der Waals surface area contributed by atoms with Crippen molar-refractivity contribution in [3.8, 4) is 11.1 Å². The second kappa shape index (κ2) is 9.13. The zero-order chi connectivity index (χ0) is 23.0. The van der Waals surface area contributed by atoms with Crippen LogP contribution >= 0.6 is 32.2 Å². The molecule has 0 aliphatic carbocycles. The second-order valence-corrected chi connectivity index (χ2v) is 12.1. The maximum absolute atomic E-state index is 12.5. The molecular weight excluding hydrogens is 457 g/mol. The first-order chi connectivity index (χ1) is 15.2. The quantitative estimate of drug-likeness (QED) is 0.297. The van der Waals surface area contributed by atoms with E-state index < -0.39 is 0 Å². The van der Waals surface area contributed by atoms with Crippen molar-refractivity contribution in [2.75, 3.05) is 6.54 Å². The Labute approximate surface area is 201 Å². The summed E-state index contributed by atoms with van der Waals surface area (Å²) in [5, 5.41) is 4.77. The summed E-state index contributed by atoms with van der Waals surface area (Å²) in [7, 11) is 2.93. The first-order valence-corrected chi connectivity index (χ1v) is 12.7. The summed E-state index contributed by atoms with van der Waals surface area (Å²) < 4.78 is 2.81. The number of carbonyl (C=O) groups excluding carboxylic acids is 1. The number of benzene rings is 1. The van der Waals surface area contributed by atoms with Gasteiger partial charge >= 0.3 is 0 Å². The minimum atomic E-state index is -0.171. The van der Waals surface area contributed by atoms with Crippen LogP contribution in [-0.2, 0) is 23.0 Å². The van der Waals surface area contributed by atoms with Gasteiger partial charge in [-0.2, -0.15) is 5.10 Å². The molecule has 1 amide bonds. The third kappa shape index (κ3) is 4.44. The predicted molar refractivity (Wildman–Crippen MR) is 137 cm³/mol. The monoisotopic (exact) mass is 485 g/mol. The van der Waals surface area contributed by atoms with Crippen molar-refractivity contribution in [2.45, 2.75) is 51.4 Å². The van der Waals surface area contributed by atoms with Gasteiger partial charge in [-0.05, 0) is 35.3 Å². The molecule has 0 radical (unpaired) electrons. The van der Waals surface area contributed by atoms with Gasteiger partial charge in [0.15, 0.2) is 0 Å². The highest BCUT2D eigenvalue weighted by Gasteiger charge is 2.33. The van der Waals surface area contributed by atoms with Gasteiger partial charge in [-0.3, -0.25) is 9.48 Å². The van der Waals surface area contributed by atoms with Gasteiger partial charge in [0.05, 0.1) is 16.6 Å². The normalized spacial score (nSPS) is 16.2. The summed E-state index contributed by atoms with van der Waals surface area (Å²) in [6.45, 7) is 12.3. The Bertz CT molecular complexity index is 1160. The molecule has 0 fully saturated rings.